The number of ether oxygens (including phenoxy) is 1. The highest BCUT2D eigenvalue weighted by atomic mass is 35.5. The molecule has 15 heavy (non-hydrogen) atoms. The number of carbonyl (C=O) groups is 1. The number of halogens is 3. The first-order valence-corrected chi connectivity index (χ1v) is 5.01. The Morgan fingerprint density at radius 3 is 2.73 bits per heavy atom. The van der Waals surface area contributed by atoms with Crippen molar-refractivity contribution in [1.82, 2.24) is 0 Å². The molecule has 82 valence electrons. The van der Waals surface area contributed by atoms with Gasteiger partial charge in [0.1, 0.15) is 0 Å². The summed E-state index contributed by atoms with van der Waals surface area (Å²) < 4.78 is 18.4. The van der Waals surface area contributed by atoms with Crippen LogP contribution in [0.2, 0.25) is 5.02 Å². The van der Waals surface area contributed by atoms with Gasteiger partial charge in [-0.15, -0.1) is 0 Å². The van der Waals surface area contributed by atoms with Crippen LogP contribution in [0, 0.1) is 5.82 Å². The monoisotopic (exact) mass is 250 g/mol. The molecule has 0 atom stereocenters. The number of hydrogen-bond donors (Lipinski definition) is 0. The summed E-state index contributed by atoms with van der Waals surface area (Å²) >= 11 is 10.9. The summed E-state index contributed by atoms with van der Waals surface area (Å²) in [7, 11) is 1.33. The third kappa shape index (κ3) is 3.08. The van der Waals surface area contributed by atoms with E-state index < -0.39 is 11.1 Å². The molecule has 0 radical (unpaired) electrons. The second-order valence-corrected chi connectivity index (χ2v) is 3.74. The molecule has 1 rings (SSSR count). The van der Waals surface area contributed by atoms with Crippen LogP contribution in [0.1, 0.15) is 12.0 Å². The molecule has 0 aliphatic carbocycles. The fraction of sp³-hybridized carbons (Fsp3) is 0.300. The standard InChI is InChI=1S/C10H9Cl2FO2/c1-15-10-7(11)4-2-6(9(10)13)3-5-8(12)14/h2,4H,3,5H2,1H3. The first kappa shape index (κ1) is 12.3. The Bertz CT molecular complexity index is 380. The van der Waals surface area contributed by atoms with Crippen LogP contribution in [0.25, 0.3) is 0 Å². The molecule has 2 nitrogen and oxygen atoms in total. The van der Waals surface area contributed by atoms with Gasteiger partial charge in [0, 0.05) is 6.42 Å². The lowest BCUT2D eigenvalue weighted by Crippen LogP contribution is -1.98. The van der Waals surface area contributed by atoms with E-state index in [4.69, 9.17) is 27.9 Å². The number of methoxy groups -OCH3 is 1. The van der Waals surface area contributed by atoms with Gasteiger partial charge in [-0.2, -0.15) is 0 Å². The minimum absolute atomic E-state index is 0.00353. The molecule has 0 amide bonds. The summed E-state index contributed by atoms with van der Waals surface area (Å²) in [5.41, 5.74) is 0.366. The van der Waals surface area contributed by atoms with Crippen LogP contribution in [0.5, 0.6) is 5.75 Å². The summed E-state index contributed by atoms with van der Waals surface area (Å²) in [5.74, 6) is -0.542. The minimum atomic E-state index is -0.539. The highest BCUT2D eigenvalue weighted by Gasteiger charge is 2.13. The van der Waals surface area contributed by atoms with Crippen molar-refractivity contribution < 1.29 is 13.9 Å². The number of carbonyl (C=O) groups excluding carboxylic acids is 1. The first-order chi connectivity index (χ1) is 7.06. The van der Waals surface area contributed by atoms with Crippen molar-refractivity contribution in [1.29, 1.82) is 0 Å². The predicted octanol–water partition coefficient (Wildman–Crippen LogP) is 3.19. The Morgan fingerprint density at radius 1 is 1.53 bits per heavy atom. The smallest absolute Gasteiger partial charge is 0.221 e. The largest absolute Gasteiger partial charge is 0.492 e. The van der Waals surface area contributed by atoms with E-state index in [2.05, 4.69) is 0 Å². The molecular formula is C10H9Cl2FO2. The quantitative estimate of drug-likeness (QED) is 0.768. The molecule has 0 bridgehead atoms. The van der Waals surface area contributed by atoms with Crippen LogP contribution >= 0.6 is 23.2 Å². The van der Waals surface area contributed by atoms with Crippen LogP contribution in [0.15, 0.2) is 12.1 Å². The van der Waals surface area contributed by atoms with Crippen LogP contribution in [0.3, 0.4) is 0 Å². The van der Waals surface area contributed by atoms with Crippen molar-refractivity contribution in [3.8, 4) is 5.75 Å². The number of rotatable bonds is 4. The molecule has 0 fully saturated rings. The fourth-order valence-corrected chi connectivity index (χ4v) is 1.50. The van der Waals surface area contributed by atoms with Gasteiger partial charge in [-0.05, 0) is 29.7 Å². The molecule has 0 heterocycles. The topological polar surface area (TPSA) is 26.3 Å². The zero-order valence-corrected chi connectivity index (χ0v) is 9.53. The maximum absolute atomic E-state index is 13.6. The summed E-state index contributed by atoms with van der Waals surface area (Å²) in [6, 6.07) is 3.04. The molecule has 0 aliphatic heterocycles. The van der Waals surface area contributed by atoms with Gasteiger partial charge >= 0.3 is 0 Å². The van der Waals surface area contributed by atoms with Crippen molar-refractivity contribution in [3.63, 3.8) is 0 Å². The van der Waals surface area contributed by atoms with Crippen molar-refractivity contribution in [2.75, 3.05) is 7.11 Å². The van der Waals surface area contributed by atoms with Gasteiger partial charge in [-0.1, -0.05) is 17.7 Å². The molecule has 0 saturated carbocycles. The highest BCUT2D eigenvalue weighted by Crippen LogP contribution is 2.30. The zero-order valence-electron chi connectivity index (χ0n) is 8.02. The minimum Gasteiger partial charge on any atom is -0.492 e. The van der Waals surface area contributed by atoms with Crippen LogP contribution < -0.4 is 4.74 Å². The fourth-order valence-electron chi connectivity index (χ4n) is 1.19. The average Bonchev–Trinajstić information content (AvgIpc) is 2.17. The van der Waals surface area contributed by atoms with E-state index in [0.717, 1.165) is 0 Å². The Kier molecular flexibility index (Phi) is 4.36. The second kappa shape index (κ2) is 5.33. The van der Waals surface area contributed by atoms with E-state index in [1.54, 1.807) is 0 Å². The van der Waals surface area contributed by atoms with E-state index in [-0.39, 0.29) is 23.6 Å². The number of hydrogen-bond acceptors (Lipinski definition) is 2. The number of aryl methyl sites for hydroxylation is 1. The van der Waals surface area contributed by atoms with Crippen LogP contribution in [-0.2, 0) is 11.2 Å². The Hall–Kier alpha value is -0.800. The summed E-state index contributed by atoms with van der Waals surface area (Å²) in [6.07, 6.45) is 0.324. The molecule has 0 saturated heterocycles. The summed E-state index contributed by atoms with van der Waals surface area (Å²) in [4.78, 5) is 10.5. The van der Waals surface area contributed by atoms with Crippen LogP contribution in [-0.4, -0.2) is 12.4 Å². The van der Waals surface area contributed by atoms with Crippen molar-refractivity contribution >= 4 is 28.4 Å². The highest BCUT2D eigenvalue weighted by molar-refractivity contribution is 6.63. The summed E-state index contributed by atoms with van der Waals surface area (Å²) in [6.45, 7) is 0. The summed E-state index contributed by atoms with van der Waals surface area (Å²) in [5, 5.41) is -0.292. The Balaban J connectivity index is 2.94. The van der Waals surface area contributed by atoms with E-state index >= 15 is 0 Å². The third-order valence-electron chi connectivity index (χ3n) is 1.92. The molecule has 1 aromatic carbocycles. The van der Waals surface area contributed by atoms with E-state index in [9.17, 15) is 9.18 Å². The molecule has 1 aromatic rings. The van der Waals surface area contributed by atoms with Gasteiger partial charge in [0.05, 0.1) is 12.1 Å². The van der Waals surface area contributed by atoms with Crippen molar-refractivity contribution in [3.05, 3.63) is 28.5 Å². The maximum Gasteiger partial charge on any atom is 0.221 e. The molecule has 0 N–H and O–H groups in total. The van der Waals surface area contributed by atoms with Crippen molar-refractivity contribution in [2.45, 2.75) is 12.8 Å². The maximum atomic E-state index is 13.6. The van der Waals surface area contributed by atoms with Gasteiger partial charge in [-0.25, -0.2) is 4.39 Å². The average molecular weight is 251 g/mol. The number of benzene rings is 1. The van der Waals surface area contributed by atoms with E-state index in [1.807, 2.05) is 0 Å². The second-order valence-electron chi connectivity index (χ2n) is 2.91. The Morgan fingerprint density at radius 2 is 2.20 bits per heavy atom. The van der Waals surface area contributed by atoms with Gasteiger partial charge in [0.25, 0.3) is 0 Å². The SMILES string of the molecule is COc1c(Cl)ccc(CCC(=O)Cl)c1F. The van der Waals surface area contributed by atoms with E-state index in [0.29, 0.717) is 5.56 Å². The molecule has 0 aromatic heterocycles. The normalized spacial score (nSPS) is 10.1. The molecular weight excluding hydrogens is 242 g/mol. The lowest BCUT2D eigenvalue weighted by molar-refractivity contribution is -0.111. The predicted molar refractivity (Wildman–Crippen MR) is 57.1 cm³/mol. The zero-order chi connectivity index (χ0) is 11.4. The third-order valence-corrected chi connectivity index (χ3v) is 2.41. The molecule has 0 aliphatic rings. The van der Waals surface area contributed by atoms with Gasteiger partial charge in [0.15, 0.2) is 11.6 Å². The molecule has 5 heteroatoms. The van der Waals surface area contributed by atoms with Gasteiger partial charge in [-0.3, -0.25) is 4.79 Å². The Labute approximate surface area is 96.9 Å². The lowest BCUT2D eigenvalue weighted by atomic mass is 10.1. The molecule has 0 unspecified atom stereocenters. The lowest BCUT2D eigenvalue weighted by Gasteiger charge is -2.08. The van der Waals surface area contributed by atoms with Crippen molar-refractivity contribution in [2.24, 2.45) is 0 Å². The molecule has 0 spiro atoms. The van der Waals surface area contributed by atoms with Crippen LogP contribution in [0.4, 0.5) is 4.39 Å². The van der Waals surface area contributed by atoms with Gasteiger partial charge in [0.2, 0.25) is 5.24 Å². The van der Waals surface area contributed by atoms with E-state index in [1.165, 1.54) is 19.2 Å². The first-order valence-electron chi connectivity index (χ1n) is 4.25. The van der Waals surface area contributed by atoms with Gasteiger partial charge < -0.3 is 4.74 Å².